The van der Waals surface area contributed by atoms with Crippen LogP contribution in [0.3, 0.4) is 0 Å². The molecule has 9 heteroatoms. The molecule has 0 aromatic heterocycles. The van der Waals surface area contributed by atoms with Crippen molar-refractivity contribution in [1.29, 1.82) is 0 Å². The van der Waals surface area contributed by atoms with Crippen molar-refractivity contribution in [2.24, 2.45) is 10.8 Å². The summed E-state index contributed by atoms with van der Waals surface area (Å²) in [6.45, 7) is 0. The Kier molecular flexibility index (Phi) is 3.84. The zero-order chi connectivity index (χ0) is 13.9. The van der Waals surface area contributed by atoms with Gasteiger partial charge in [0.25, 0.3) is 0 Å². The Hall–Kier alpha value is -2.19. The molecule has 0 atom stereocenters. The van der Waals surface area contributed by atoms with E-state index < -0.39 is 29.4 Å². The molecule has 4 nitrogen and oxygen atoms in total. The Morgan fingerprint density at radius 3 is 2.17 bits per heavy atom. The Labute approximate surface area is 97.3 Å². The van der Waals surface area contributed by atoms with Crippen LogP contribution in [-0.2, 0) is 6.18 Å². The van der Waals surface area contributed by atoms with E-state index >= 15 is 0 Å². The van der Waals surface area contributed by atoms with Crippen LogP contribution in [0.15, 0.2) is 17.2 Å². The number of carbonyl (C=O) groups excluding carboxylic acids is 1. The maximum atomic E-state index is 13.1. The highest BCUT2D eigenvalue weighted by molar-refractivity contribution is 5.81. The number of nitrogens with one attached hydrogen (secondary N) is 1. The van der Waals surface area contributed by atoms with Crippen LogP contribution in [-0.4, -0.2) is 12.2 Å². The molecule has 2 amide bonds. The Morgan fingerprint density at radius 2 is 1.78 bits per heavy atom. The van der Waals surface area contributed by atoms with Gasteiger partial charge in [-0.3, -0.25) is 0 Å². The van der Waals surface area contributed by atoms with Gasteiger partial charge in [-0.05, 0) is 12.1 Å². The number of amides is 2. The molecule has 0 aliphatic carbocycles. The van der Waals surface area contributed by atoms with E-state index in [-0.39, 0.29) is 5.56 Å². The van der Waals surface area contributed by atoms with Crippen molar-refractivity contribution in [1.82, 2.24) is 5.43 Å². The van der Waals surface area contributed by atoms with Crippen molar-refractivity contribution in [3.63, 3.8) is 0 Å². The summed E-state index contributed by atoms with van der Waals surface area (Å²) in [5.74, 6) is -3.55. The zero-order valence-corrected chi connectivity index (χ0v) is 8.55. The van der Waals surface area contributed by atoms with E-state index in [1.165, 1.54) is 0 Å². The Balaban J connectivity index is 3.07. The van der Waals surface area contributed by atoms with Gasteiger partial charge in [0.15, 0.2) is 0 Å². The fourth-order valence-corrected chi connectivity index (χ4v) is 1.11. The summed E-state index contributed by atoms with van der Waals surface area (Å²) in [7, 11) is 0. The second-order valence-electron chi connectivity index (χ2n) is 3.09. The number of rotatable bonds is 2. The van der Waals surface area contributed by atoms with Crippen LogP contribution in [0.4, 0.5) is 26.7 Å². The summed E-state index contributed by atoms with van der Waals surface area (Å²) in [5, 5.41) is 3.15. The third-order valence-corrected chi connectivity index (χ3v) is 1.74. The molecular formula is C9H6F5N3O. The van der Waals surface area contributed by atoms with Crippen molar-refractivity contribution in [2.75, 3.05) is 0 Å². The number of alkyl halides is 3. The number of nitrogens with zero attached hydrogens (tertiary/aromatic N) is 1. The lowest BCUT2D eigenvalue weighted by atomic mass is 10.1. The van der Waals surface area contributed by atoms with Gasteiger partial charge >= 0.3 is 12.2 Å². The van der Waals surface area contributed by atoms with Gasteiger partial charge < -0.3 is 5.73 Å². The van der Waals surface area contributed by atoms with Gasteiger partial charge in [0.1, 0.15) is 17.2 Å². The maximum Gasteiger partial charge on any atom is 0.422 e. The van der Waals surface area contributed by atoms with E-state index in [4.69, 9.17) is 0 Å². The standard InChI is InChI=1S/C9H6F5N3O/c10-5-1-4(3-16-17-8(15)18)2-6(11)7(5)9(12,13)14/h1-3H,(H3,15,17,18). The van der Waals surface area contributed by atoms with E-state index in [1.54, 1.807) is 5.43 Å². The molecule has 0 fully saturated rings. The van der Waals surface area contributed by atoms with E-state index in [0.29, 0.717) is 12.1 Å². The number of benzene rings is 1. The zero-order valence-electron chi connectivity index (χ0n) is 8.55. The monoisotopic (exact) mass is 267 g/mol. The Morgan fingerprint density at radius 1 is 1.28 bits per heavy atom. The van der Waals surface area contributed by atoms with Gasteiger partial charge in [-0.25, -0.2) is 19.0 Å². The predicted molar refractivity (Wildman–Crippen MR) is 51.7 cm³/mol. The average Bonchev–Trinajstić information content (AvgIpc) is 2.12. The highest BCUT2D eigenvalue weighted by Crippen LogP contribution is 2.33. The van der Waals surface area contributed by atoms with E-state index in [1.807, 2.05) is 0 Å². The predicted octanol–water partition coefficient (Wildman–Crippen LogP) is 1.99. The molecule has 0 bridgehead atoms. The Bertz CT molecular complexity index is 474. The first-order valence-corrected chi connectivity index (χ1v) is 4.36. The number of nitrogens with two attached hydrogens (primary N) is 1. The first-order chi connectivity index (χ1) is 8.21. The fourth-order valence-electron chi connectivity index (χ4n) is 1.11. The van der Waals surface area contributed by atoms with Gasteiger partial charge in [0, 0.05) is 5.56 Å². The number of halogens is 5. The van der Waals surface area contributed by atoms with Crippen LogP contribution in [0.5, 0.6) is 0 Å². The maximum absolute atomic E-state index is 13.1. The molecule has 1 aromatic carbocycles. The van der Waals surface area contributed by atoms with Crippen LogP contribution < -0.4 is 11.2 Å². The number of hydrogen-bond donors (Lipinski definition) is 2. The van der Waals surface area contributed by atoms with Crippen LogP contribution in [0.25, 0.3) is 0 Å². The van der Waals surface area contributed by atoms with Crippen LogP contribution in [0.2, 0.25) is 0 Å². The normalized spacial score (nSPS) is 11.8. The molecule has 98 valence electrons. The van der Waals surface area contributed by atoms with E-state index in [2.05, 4.69) is 10.8 Å². The summed E-state index contributed by atoms with van der Waals surface area (Å²) in [6, 6.07) is -0.171. The first kappa shape index (κ1) is 13.9. The van der Waals surface area contributed by atoms with Crippen LogP contribution in [0, 0.1) is 11.6 Å². The molecule has 0 aliphatic rings. The molecule has 1 aromatic rings. The molecule has 18 heavy (non-hydrogen) atoms. The van der Waals surface area contributed by atoms with Gasteiger partial charge in [-0.1, -0.05) is 0 Å². The molecule has 0 saturated heterocycles. The van der Waals surface area contributed by atoms with Crippen molar-refractivity contribution in [2.45, 2.75) is 6.18 Å². The van der Waals surface area contributed by atoms with Crippen LogP contribution in [0.1, 0.15) is 11.1 Å². The van der Waals surface area contributed by atoms with Gasteiger partial charge in [-0.15, -0.1) is 0 Å². The summed E-state index contributed by atoms with van der Waals surface area (Å²) in [4.78, 5) is 10.2. The highest BCUT2D eigenvalue weighted by Gasteiger charge is 2.37. The largest absolute Gasteiger partial charge is 0.422 e. The minimum absolute atomic E-state index is 0.299. The molecule has 0 heterocycles. The van der Waals surface area contributed by atoms with Gasteiger partial charge in [0.05, 0.1) is 6.21 Å². The third-order valence-electron chi connectivity index (χ3n) is 1.74. The number of hydrogen-bond acceptors (Lipinski definition) is 2. The molecular weight excluding hydrogens is 261 g/mol. The highest BCUT2D eigenvalue weighted by atomic mass is 19.4. The lowest BCUT2D eigenvalue weighted by molar-refractivity contribution is -0.142. The fraction of sp³-hybridized carbons (Fsp3) is 0.111. The molecule has 0 aliphatic heterocycles. The summed E-state index contributed by atoms with van der Waals surface area (Å²) in [6.07, 6.45) is -4.38. The molecule has 0 saturated carbocycles. The number of urea groups is 1. The van der Waals surface area contributed by atoms with Gasteiger partial charge in [-0.2, -0.15) is 18.3 Å². The topological polar surface area (TPSA) is 67.5 Å². The smallest absolute Gasteiger partial charge is 0.350 e. The lowest BCUT2D eigenvalue weighted by Crippen LogP contribution is -2.24. The van der Waals surface area contributed by atoms with Crippen molar-refractivity contribution in [3.05, 3.63) is 34.9 Å². The summed E-state index contributed by atoms with van der Waals surface area (Å²) in [5.41, 5.74) is 4.07. The van der Waals surface area contributed by atoms with Crippen molar-refractivity contribution < 1.29 is 26.7 Å². The molecule has 0 radical (unpaired) electrons. The molecule has 0 spiro atoms. The number of primary amides is 1. The molecule has 0 unspecified atom stereocenters. The number of hydrazone groups is 1. The molecule has 3 N–H and O–H groups in total. The summed E-state index contributed by atoms with van der Waals surface area (Å²) < 4.78 is 62.8. The number of carbonyl (C=O) groups is 1. The lowest BCUT2D eigenvalue weighted by Gasteiger charge is -2.09. The third kappa shape index (κ3) is 3.40. The minimum atomic E-state index is -5.13. The first-order valence-electron chi connectivity index (χ1n) is 4.36. The minimum Gasteiger partial charge on any atom is -0.350 e. The van der Waals surface area contributed by atoms with Gasteiger partial charge in [0.2, 0.25) is 0 Å². The van der Waals surface area contributed by atoms with E-state index in [9.17, 15) is 26.7 Å². The second kappa shape index (κ2) is 4.98. The van der Waals surface area contributed by atoms with Crippen molar-refractivity contribution >= 4 is 12.2 Å². The van der Waals surface area contributed by atoms with Crippen molar-refractivity contribution in [3.8, 4) is 0 Å². The summed E-state index contributed by atoms with van der Waals surface area (Å²) >= 11 is 0. The second-order valence-corrected chi connectivity index (χ2v) is 3.09. The van der Waals surface area contributed by atoms with E-state index in [0.717, 1.165) is 6.21 Å². The van der Waals surface area contributed by atoms with Crippen LogP contribution >= 0.6 is 0 Å². The quantitative estimate of drug-likeness (QED) is 0.480. The molecule has 1 rings (SSSR count). The SMILES string of the molecule is NC(=O)NN=Cc1cc(F)c(C(F)(F)F)c(F)c1. The average molecular weight is 267 g/mol.